The molecule has 8 nitrogen and oxygen atoms in total. The van der Waals surface area contributed by atoms with Gasteiger partial charge in [-0.2, -0.15) is 13.2 Å². The highest BCUT2D eigenvalue weighted by Gasteiger charge is 2.34. The first-order chi connectivity index (χ1) is 14.6. The van der Waals surface area contributed by atoms with E-state index >= 15 is 0 Å². The van der Waals surface area contributed by atoms with E-state index < -0.39 is 23.9 Å². The lowest BCUT2D eigenvalue weighted by Crippen LogP contribution is -2.22. The Morgan fingerprint density at radius 1 is 1.23 bits per heavy atom. The first-order valence-corrected chi connectivity index (χ1v) is 9.87. The number of halogens is 3. The van der Waals surface area contributed by atoms with Gasteiger partial charge in [0, 0.05) is 19.8 Å². The summed E-state index contributed by atoms with van der Waals surface area (Å²) in [4.78, 5) is 25.7. The number of rotatable bonds is 6. The summed E-state index contributed by atoms with van der Waals surface area (Å²) in [6.45, 7) is 3.32. The lowest BCUT2D eigenvalue weighted by atomic mass is 10.1. The lowest BCUT2D eigenvalue weighted by Gasteiger charge is -2.17. The number of methoxy groups -OCH3 is 2. The molecule has 31 heavy (non-hydrogen) atoms. The van der Waals surface area contributed by atoms with Gasteiger partial charge in [-0.05, 0) is 19.9 Å². The minimum atomic E-state index is -4.65. The van der Waals surface area contributed by atoms with Crippen LogP contribution in [0, 0.1) is 6.92 Å². The summed E-state index contributed by atoms with van der Waals surface area (Å²) in [6, 6.07) is 0.0530. The minimum absolute atomic E-state index is 0.121. The molecular weight excluding hydrogens is 435 g/mol. The topological polar surface area (TPSA) is 98.3 Å². The number of alkyl halides is 3. The summed E-state index contributed by atoms with van der Waals surface area (Å²) in [6.07, 6.45) is -2.46. The zero-order valence-corrected chi connectivity index (χ0v) is 17.9. The van der Waals surface area contributed by atoms with Gasteiger partial charge in [0.2, 0.25) is 0 Å². The zero-order chi connectivity index (χ0) is 22.8. The van der Waals surface area contributed by atoms with E-state index in [1.54, 1.807) is 6.92 Å². The van der Waals surface area contributed by atoms with Gasteiger partial charge in [0.25, 0.3) is 0 Å². The zero-order valence-electron chi connectivity index (χ0n) is 17.1. The van der Waals surface area contributed by atoms with Gasteiger partial charge in [0.1, 0.15) is 10.3 Å². The highest BCUT2D eigenvalue weighted by atomic mass is 32.1. The standard InChI is InChI=1S/C19H20F3N5O3S/c1-9(30-4)15-13(7-24-17-16(15)25-10(2)31-17)27-18(28)26-11-5-12(19(20,21)22)14(8-29-3)23-6-11/h5-7,9H,8H2,1-4H3,(H2,26,27,28)/t9-/m0/s1. The summed E-state index contributed by atoms with van der Waals surface area (Å²) >= 11 is 1.40. The van der Waals surface area contributed by atoms with Crippen molar-refractivity contribution in [3.8, 4) is 0 Å². The Hall–Kier alpha value is -2.83. The van der Waals surface area contributed by atoms with Crippen LogP contribution in [0.25, 0.3) is 10.3 Å². The molecule has 1 atom stereocenters. The maximum Gasteiger partial charge on any atom is 0.418 e. The summed E-state index contributed by atoms with van der Waals surface area (Å²) in [5.74, 6) is 0. The number of hydrogen-bond donors (Lipinski definition) is 2. The van der Waals surface area contributed by atoms with Crippen LogP contribution in [0.3, 0.4) is 0 Å². The molecule has 0 aliphatic rings. The SMILES string of the molecule is COCc1ncc(NC(=O)Nc2cnc3sc(C)nc3c2[C@H](C)OC)cc1C(F)(F)F. The van der Waals surface area contributed by atoms with Crippen LogP contribution in [0.5, 0.6) is 0 Å². The first-order valence-electron chi connectivity index (χ1n) is 9.06. The van der Waals surface area contributed by atoms with E-state index in [2.05, 4.69) is 25.6 Å². The molecule has 12 heteroatoms. The van der Waals surface area contributed by atoms with Gasteiger partial charge in [-0.1, -0.05) is 11.3 Å². The van der Waals surface area contributed by atoms with Gasteiger partial charge in [0.05, 0.1) is 52.7 Å². The third-order valence-corrected chi connectivity index (χ3v) is 5.27. The lowest BCUT2D eigenvalue weighted by molar-refractivity contribution is -0.139. The monoisotopic (exact) mass is 455 g/mol. The largest absolute Gasteiger partial charge is 0.418 e. The quantitative estimate of drug-likeness (QED) is 0.548. The van der Waals surface area contributed by atoms with Crippen LogP contribution in [0.4, 0.5) is 29.3 Å². The molecule has 0 unspecified atom stereocenters. The number of pyridine rings is 2. The molecule has 3 heterocycles. The number of urea groups is 1. The van der Waals surface area contributed by atoms with Crippen molar-refractivity contribution in [1.82, 2.24) is 15.0 Å². The molecule has 3 aromatic heterocycles. The molecule has 0 aromatic carbocycles. The second-order valence-electron chi connectivity index (χ2n) is 6.58. The number of nitrogens with zero attached hydrogens (tertiary/aromatic N) is 3. The number of hydrogen-bond acceptors (Lipinski definition) is 7. The second-order valence-corrected chi connectivity index (χ2v) is 7.76. The molecule has 3 aromatic rings. The van der Waals surface area contributed by atoms with Crippen molar-refractivity contribution in [2.24, 2.45) is 0 Å². The summed E-state index contributed by atoms with van der Waals surface area (Å²) < 4.78 is 50.1. The Kier molecular flexibility index (Phi) is 6.72. The smallest absolute Gasteiger partial charge is 0.378 e. The predicted molar refractivity (Wildman–Crippen MR) is 110 cm³/mol. The number of thiazole rings is 1. The van der Waals surface area contributed by atoms with Crippen LogP contribution in [0.1, 0.15) is 34.9 Å². The second kappa shape index (κ2) is 9.12. The summed E-state index contributed by atoms with van der Waals surface area (Å²) in [5.41, 5.74) is 0.179. The third-order valence-electron chi connectivity index (χ3n) is 4.40. The molecule has 0 bridgehead atoms. The maximum absolute atomic E-state index is 13.3. The number of aryl methyl sites for hydroxylation is 1. The molecule has 166 valence electrons. The van der Waals surface area contributed by atoms with Crippen molar-refractivity contribution >= 4 is 39.1 Å². The number of amides is 2. The van der Waals surface area contributed by atoms with Crippen molar-refractivity contribution in [3.63, 3.8) is 0 Å². The Bertz CT molecular complexity index is 1100. The van der Waals surface area contributed by atoms with Gasteiger partial charge in [-0.15, -0.1) is 0 Å². The van der Waals surface area contributed by atoms with E-state index in [0.717, 1.165) is 17.3 Å². The maximum atomic E-state index is 13.3. The molecule has 2 N–H and O–H groups in total. The Labute approximate surface area is 179 Å². The van der Waals surface area contributed by atoms with Crippen LogP contribution in [-0.2, 0) is 22.3 Å². The third kappa shape index (κ3) is 5.09. The van der Waals surface area contributed by atoms with E-state index in [4.69, 9.17) is 9.47 Å². The molecule has 3 rings (SSSR count). The highest BCUT2D eigenvalue weighted by Crippen LogP contribution is 2.35. The van der Waals surface area contributed by atoms with E-state index in [1.807, 2.05) is 6.92 Å². The Morgan fingerprint density at radius 2 is 1.97 bits per heavy atom. The number of carbonyl (C=O) groups excluding carboxylic acids is 1. The van der Waals surface area contributed by atoms with Gasteiger partial charge in [-0.3, -0.25) is 4.98 Å². The van der Waals surface area contributed by atoms with Crippen LogP contribution < -0.4 is 10.6 Å². The highest BCUT2D eigenvalue weighted by molar-refractivity contribution is 7.18. The van der Waals surface area contributed by atoms with E-state index in [-0.39, 0.29) is 18.0 Å². The fourth-order valence-corrected chi connectivity index (χ4v) is 3.75. The molecule has 2 amide bonds. The van der Waals surface area contributed by atoms with E-state index in [9.17, 15) is 18.0 Å². The molecule has 0 spiro atoms. The van der Waals surface area contributed by atoms with Crippen molar-refractivity contribution < 1.29 is 27.4 Å². The van der Waals surface area contributed by atoms with Gasteiger partial charge in [-0.25, -0.2) is 14.8 Å². The average Bonchev–Trinajstić information content (AvgIpc) is 3.08. The van der Waals surface area contributed by atoms with Crippen molar-refractivity contribution in [2.75, 3.05) is 24.9 Å². The molecule has 0 aliphatic heterocycles. The van der Waals surface area contributed by atoms with Crippen LogP contribution in [0.15, 0.2) is 18.5 Å². The molecule has 0 saturated carbocycles. The van der Waals surface area contributed by atoms with Crippen LogP contribution in [0.2, 0.25) is 0 Å². The fourth-order valence-electron chi connectivity index (χ4n) is 2.97. The summed E-state index contributed by atoms with van der Waals surface area (Å²) in [5, 5.41) is 5.78. The molecule has 0 saturated heterocycles. The van der Waals surface area contributed by atoms with Crippen molar-refractivity contribution in [1.29, 1.82) is 0 Å². The van der Waals surface area contributed by atoms with Gasteiger partial charge in [0.15, 0.2) is 0 Å². The summed E-state index contributed by atoms with van der Waals surface area (Å²) in [7, 11) is 2.79. The first kappa shape index (κ1) is 22.8. The molecule has 0 fully saturated rings. The van der Waals surface area contributed by atoms with Gasteiger partial charge >= 0.3 is 12.2 Å². The minimum Gasteiger partial charge on any atom is -0.378 e. The number of anilines is 2. The number of nitrogens with one attached hydrogen (secondary N) is 2. The van der Waals surface area contributed by atoms with E-state index in [1.165, 1.54) is 31.8 Å². The number of fused-ring (bicyclic) bond motifs is 1. The number of ether oxygens (including phenoxy) is 2. The fraction of sp³-hybridized carbons (Fsp3) is 0.368. The normalized spacial score (nSPS) is 12.7. The van der Waals surface area contributed by atoms with Gasteiger partial charge < -0.3 is 20.1 Å². The number of aromatic nitrogens is 3. The molecular formula is C19H20F3N5O3S. The van der Waals surface area contributed by atoms with Crippen LogP contribution in [-0.4, -0.2) is 35.2 Å². The predicted octanol–water partition coefficient (Wildman–Crippen LogP) is 4.91. The van der Waals surface area contributed by atoms with Crippen molar-refractivity contribution in [3.05, 3.63) is 40.3 Å². The molecule has 0 radical (unpaired) electrons. The van der Waals surface area contributed by atoms with Crippen molar-refractivity contribution in [2.45, 2.75) is 32.7 Å². The average molecular weight is 455 g/mol. The Morgan fingerprint density at radius 3 is 2.61 bits per heavy atom. The Balaban J connectivity index is 1.88. The molecule has 0 aliphatic carbocycles. The van der Waals surface area contributed by atoms with Crippen LogP contribution >= 0.6 is 11.3 Å². The number of carbonyl (C=O) groups is 1. The van der Waals surface area contributed by atoms with E-state index in [0.29, 0.717) is 21.6 Å².